The normalized spacial score (nSPS) is 27.9. The third-order valence-electron chi connectivity index (χ3n) is 6.16. The summed E-state index contributed by atoms with van der Waals surface area (Å²) in [6, 6.07) is 18.2. The van der Waals surface area contributed by atoms with Gasteiger partial charge in [0.2, 0.25) is 5.60 Å². The van der Waals surface area contributed by atoms with Crippen molar-refractivity contribution in [2.24, 2.45) is 5.92 Å². The Balaban J connectivity index is 1.65. The number of quaternary nitrogens is 1. The predicted octanol–water partition coefficient (Wildman–Crippen LogP) is 2.70. The number of piperidine rings is 3. The van der Waals surface area contributed by atoms with Crippen molar-refractivity contribution < 1.29 is 19.1 Å². The van der Waals surface area contributed by atoms with Gasteiger partial charge in [-0.2, -0.15) is 0 Å². The molecule has 1 atom stereocenters. The SMILES string of the molecule is [11CH3][N+]12CCC(CC1)C(OC(=O)C(O)(c1ccccc1)c1ccccc1)C2. The molecule has 136 valence electrons. The Morgan fingerprint density at radius 3 is 1.96 bits per heavy atom. The number of hydrogen-bond acceptors (Lipinski definition) is 3. The van der Waals surface area contributed by atoms with Gasteiger partial charge in [-0.3, -0.25) is 0 Å². The van der Waals surface area contributed by atoms with Crippen LogP contribution in [0.25, 0.3) is 0 Å². The fourth-order valence-electron chi connectivity index (χ4n) is 4.47. The zero-order valence-electron chi connectivity index (χ0n) is 15.2. The number of likely N-dealkylation sites (N-methyl/N-ethyl adjacent to an activating group) is 1. The number of hydrogen-bond donors (Lipinski definition) is 1. The number of rotatable bonds is 4. The Bertz CT molecular complexity index is 727. The van der Waals surface area contributed by atoms with Gasteiger partial charge in [-0.1, -0.05) is 60.7 Å². The monoisotopic (exact) mass is 351 g/mol. The van der Waals surface area contributed by atoms with Crippen molar-refractivity contribution in [2.75, 3.05) is 26.7 Å². The molecule has 3 heterocycles. The first-order chi connectivity index (χ1) is 12.5. The first-order valence-electron chi connectivity index (χ1n) is 9.39. The molecule has 0 aromatic heterocycles. The zero-order chi connectivity index (χ0) is 18.2. The molecule has 2 bridgehead atoms. The number of benzene rings is 2. The van der Waals surface area contributed by atoms with Crippen LogP contribution in [0.2, 0.25) is 0 Å². The van der Waals surface area contributed by atoms with Crippen LogP contribution in [0.3, 0.4) is 0 Å². The van der Waals surface area contributed by atoms with Crippen molar-refractivity contribution in [1.29, 1.82) is 0 Å². The average molecular weight is 351 g/mol. The summed E-state index contributed by atoms with van der Waals surface area (Å²) in [6.45, 7) is 3.15. The highest BCUT2D eigenvalue weighted by atomic mass is 16.6. The number of carbonyl (C=O) groups excluding carboxylic acids is 1. The van der Waals surface area contributed by atoms with E-state index in [0.29, 0.717) is 17.0 Å². The van der Waals surface area contributed by atoms with E-state index in [9.17, 15) is 9.90 Å². The summed E-state index contributed by atoms with van der Waals surface area (Å²) >= 11 is 0. The molecule has 3 saturated heterocycles. The van der Waals surface area contributed by atoms with Crippen molar-refractivity contribution >= 4 is 5.97 Å². The molecule has 1 N–H and O–H groups in total. The van der Waals surface area contributed by atoms with Crippen molar-refractivity contribution in [1.82, 2.24) is 0 Å². The molecule has 3 aliphatic heterocycles. The smallest absolute Gasteiger partial charge is 0.348 e. The van der Waals surface area contributed by atoms with Gasteiger partial charge in [-0.15, -0.1) is 0 Å². The van der Waals surface area contributed by atoms with Crippen LogP contribution in [0.5, 0.6) is 0 Å². The van der Waals surface area contributed by atoms with Gasteiger partial charge in [-0.25, -0.2) is 4.79 Å². The molecule has 0 radical (unpaired) electrons. The molecule has 2 aromatic carbocycles. The van der Waals surface area contributed by atoms with Crippen molar-refractivity contribution in [3.05, 3.63) is 71.8 Å². The van der Waals surface area contributed by atoms with Crippen LogP contribution in [0, 0.1) is 5.92 Å². The number of ether oxygens (including phenoxy) is 1. The van der Waals surface area contributed by atoms with E-state index >= 15 is 0 Å². The van der Waals surface area contributed by atoms with Gasteiger partial charge in [0.05, 0.1) is 20.1 Å². The summed E-state index contributed by atoms with van der Waals surface area (Å²) in [5, 5.41) is 11.5. The minimum atomic E-state index is -1.78. The molecule has 26 heavy (non-hydrogen) atoms. The van der Waals surface area contributed by atoms with E-state index in [0.717, 1.165) is 37.0 Å². The molecule has 3 aliphatic rings. The topological polar surface area (TPSA) is 46.5 Å². The van der Waals surface area contributed by atoms with Crippen LogP contribution < -0.4 is 0 Å². The molecular formula is C22H26NO3+. The molecule has 0 spiro atoms. The first-order valence-corrected chi connectivity index (χ1v) is 9.39. The minimum absolute atomic E-state index is 0.117. The highest BCUT2D eigenvalue weighted by Crippen LogP contribution is 2.37. The summed E-state index contributed by atoms with van der Waals surface area (Å²) in [5.41, 5.74) is -0.705. The number of carbonyl (C=O) groups is 1. The van der Waals surface area contributed by atoms with E-state index in [2.05, 4.69) is 7.05 Å². The number of fused-ring (bicyclic) bond motifs is 3. The maximum absolute atomic E-state index is 13.2. The molecular weight excluding hydrogens is 325 g/mol. The fraction of sp³-hybridized carbons (Fsp3) is 0.409. The Hall–Kier alpha value is -2.17. The standard InChI is InChI=1S/C22H26NO3/c1-23-14-12-17(13-15-23)20(16-23)26-21(24)22(25,18-8-4-2-5-9-18)19-10-6-3-7-11-19/h2-11,17,20,25H,12-16H2,1H3/q+1/i1-1. The lowest BCUT2D eigenvalue weighted by atomic mass is 9.81. The maximum Gasteiger partial charge on any atom is 0.348 e. The predicted molar refractivity (Wildman–Crippen MR) is 99.3 cm³/mol. The van der Waals surface area contributed by atoms with Crippen molar-refractivity contribution in [3.8, 4) is 0 Å². The van der Waals surface area contributed by atoms with Crippen LogP contribution in [-0.4, -0.2) is 48.3 Å². The molecule has 1 unspecified atom stereocenters. The van der Waals surface area contributed by atoms with Gasteiger partial charge in [0.25, 0.3) is 0 Å². The summed E-state index contributed by atoms with van der Waals surface area (Å²) in [6.07, 6.45) is 2.06. The van der Waals surface area contributed by atoms with Gasteiger partial charge in [0.1, 0.15) is 6.54 Å². The highest BCUT2D eigenvalue weighted by Gasteiger charge is 2.49. The second kappa shape index (κ2) is 6.53. The molecule has 4 nitrogen and oxygen atoms in total. The van der Waals surface area contributed by atoms with Gasteiger partial charge < -0.3 is 14.3 Å². The second-order valence-corrected chi connectivity index (χ2v) is 7.97. The van der Waals surface area contributed by atoms with Gasteiger partial charge in [0, 0.05) is 18.8 Å². The summed E-state index contributed by atoms with van der Waals surface area (Å²) < 4.78 is 6.92. The lowest BCUT2D eigenvalue weighted by molar-refractivity contribution is -0.928. The average Bonchev–Trinajstić information content (AvgIpc) is 2.69. The van der Waals surface area contributed by atoms with Gasteiger partial charge in [0.15, 0.2) is 6.10 Å². The quantitative estimate of drug-likeness (QED) is 0.681. The van der Waals surface area contributed by atoms with Crippen LogP contribution in [0.15, 0.2) is 60.7 Å². The van der Waals surface area contributed by atoms with E-state index in [1.165, 1.54) is 0 Å². The van der Waals surface area contributed by atoms with E-state index in [1.807, 2.05) is 36.4 Å². The second-order valence-electron chi connectivity index (χ2n) is 7.97. The molecule has 5 rings (SSSR count). The Kier molecular flexibility index (Phi) is 4.33. The highest BCUT2D eigenvalue weighted by molar-refractivity contribution is 5.85. The summed E-state index contributed by atoms with van der Waals surface area (Å²) in [7, 11) is 2.23. The zero-order valence-corrected chi connectivity index (χ0v) is 15.2. The van der Waals surface area contributed by atoms with Gasteiger partial charge >= 0.3 is 5.97 Å². The number of nitrogens with zero attached hydrogens (tertiary/aromatic N) is 1. The Morgan fingerprint density at radius 2 is 1.50 bits per heavy atom. The molecule has 4 heteroatoms. The molecule has 0 aliphatic carbocycles. The van der Waals surface area contributed by atoms with Crippen molar-refractivity contribution in [2.45, 2.75) is 24.5 Å². The molecule has 0 amide bonds. The largest absolute Gasteiger partial charge is 0.453 e. The van der Waals surface area contributed by atoms with E-state index in [4.69, 9.17) is 4.74 Å². The molecule has 3 fully saturated rings. The van der Waals surface area contributed by atoms with Crippen LogP contribution in [-0.2, 0) is 15.1 Å². The van der Waals surface area contributed by atoms with Crippen molar-refractivity contribution in [3.63, 3.8) is 0 Å². The van der Waals surface area contributed by atoms with E-state index < -0.39 is 11.6 Å². The fourth-order valence-corrected chi connectivity index (χ4v) is 4.47. The Labute approximate surface area is 154 Å². The summed E-state index contributed by atoms with van der Waals surface area (Å²) in [5.74, 6) is -0.157. The van der Waals surface area contributed by atoms with Crippen LogP contribution in [0.4, 0.5) is 0 Å². The first kappa shape index (κ1) is 17.3. The van der Waals surface area contributed by atoms with E-state index in [-0.39, 0.29) is 6.10 Å². The molecule has 2 aromatic rings. The minimum Gasteiger partial charge on any atom is -0.453 e. The van der Waals surface area contributed by atoms with Crippen LogP contribution >= 0.6 is 0 Å². The molecule has 0 saturated carbocycles. The van der Waals surface area contributed by atoms with Crippen LogP contribution in [0.1, 0.15) is 24.0 Å². The summed E-state index contributed by atoms with van der Waals surface area (Å²) in [4.78, 5) is 13.2. The number of esters is 1. The number of aliphatic hydroxyl groups is 1. The third kappa shape index (κ3) is 2.93. The Morgan fingerprint density at radius 1 is 1.00 bits per heavy atom. The lowest BCUT2D eigenvalue weighted by Crippen LogP contribution is -2.62. The van der Waals surface area contributed by atoms with E-state index in [1.54, 1.807) is 24.3 Å². The third-order valence-corrected chi connectivity index (χ3v) is 6.16. The lowest BCUT2D eigenvalue weighted by Gasteiger charge is -2.50. The van der Waals surface area contributed by atoms with Gasteiger partial charge in [-0.05, 0) is 11.1 Å². The maximum atomic E-state index is 13.2.